The van der Waals surface area contributed by atoms with Crippen LogP contribution >= 0.6 is 11.8 Å². The van der Waals surface area contributed by atoms with Crippen LogP contribution in [-0.4, -0.2) is 135 Å². The molecule has 0 bridgehead atoms. The number of aliphatic carboxylic acids is 1. The highest BCUT2D eigenvalue weighted by atomic mass is 32.2. The lowest BCUT2D eigenvalue weighted by atomic mass is 10.0. The van der Waals surface area contributed by atoms with Gasteiger partial charge in [-0.2, -0.15) is 11.8 Å². The van der Waals surface area contributed by atoms with E-state index in [4.69, 9.17) is 11.5 Å². The van der Waals surface area contributed by atoms with Crippen LogP contribution in [0.5, 0.6) is 5.75 Å². The average Bonchev–Trinajstić information content (AvgIpc) is 3.76. The van der Waals surface area contributed by atoms with Crippen molar-refractivity contribution in [2.24, 2.45) is 23.3 Å². The molecule has 1 heterocycles. The standard InChI is InChI=1S/C42H67N11O10S/c1-23(2)17-33(42(62)63)52-36(56)25(5)48-39(59)32(19-27-20-45-22-47-27)50-38(58)30(14-16-64-6)49-40(60)31(18-26-10-12-28(54)13-11-26)51-41(61)35(24(3)4)53-34(55)21-46-37(57)29(44)9-7-8-15-43/h10-13,20,22-25,29-33,35,54H,7-9,14-19,21,43-44H2,1-6H3,(H,45,47)(H,46,57)(H,48,59)(H,49,60)(H,50,58)(H,51,61)(H,52,56)(H,53,55)(H,62,63)/t25-,29-,30-,31-,32-,33-,35-/m0/s1. The smallest absolute Gasteiger partial charge is 0.326 e. The summed E-state index contributed by atoms with van der Waals surface area (Å²) in [5.74, 6) is -6.41. The molecule has 0 fully saturated rings. The lowest BCUT2D eigenvalue weighted by Gasteiger charge is -2.28. The molecular formula is C42H67N11O10S. The van der Waals surface area contributed by atoms with E-state index in [1.807, 2.05) is 0 Å². The SMILES string of the molecule is CSCC[C@H](NC(=O)[C@H](Cc1ccc(O)cc1)NC(=O)[C@@H](NC(=O)CNC(=O)[C@@H](N)CCCCN)C(C)C)C(=O)N[C@@H](Cc1cnc[nH]1)C(=O)N[C@@H](C)C(=O)N[C@@H](CC(C)C)C(=O)O. The van der Waals surface area contributed by atoms with Gasteiger partial charge in [0.2, 0.25) is 41.4 Å². The molecule has 0 saturated heterocycles. The van der Waals surface area contributed by atoms with E-state index in [1.54, 1.807) is 46.1 Å². The second-order valence-electron chi connectivity index (χ2n) is 16.3. The van der Waals surface area contributed by atoms with Crippen molar-refractivity contribution < 1.29 is 48.6 Å². The van der Waals surface area contributed by atoms with Gasteiger partial charge in [0, 0.05) is 24.7 Å². The van der Waals surface area contributed by atoms with Crippen molar-refractivity contribution in [1.82, 2.24) is 47.2 Å². The Morgan fingerprint density at radius 2 is 1.33 bits per heavy atom. The number of aromatic hydroxyl groups is 1. The number of phenolic OH excluding ortho intramolecular Hbond substituents is 1. The summed E-state index contributed by atoms with van der Waals surface area (Å²) in [7, 11) is 0. The number of nitrogens with one attached hydrogen (secondary N) is 8. The number of phenols is 1. The zero-order chi connectivity index (χ0) is 47.9. The number of carbonyl (C=O) groups excluding carboxylic acids is 7. The van der Waals surface area contributed by atoms with E-state index < -0.39 is 102 Å². The molecule has 22 heteroatoms. The number of nitrogens with two attached hydrogens (primary N) is 2. The Kier molecular flexibility index (Phi) is 23.9. The normalized spacial score (nSPS) is 14.5. The van der Waals surface area contributed by atoms with Crippen molar-refractivity contribution in [2.45, 2.75) is 122 Å². The highest BCUT2D eigenvalue weighted by Gasteiger charge is 2.34. The predicted octanol–water partition coefficient (Wildman–Crippen LogP) is -1.06. The summed E-state index contributed by atoms with van der Waals surface area (Å²) in [6, 6.07) is -2.35. The van der Waals surface area contributed by atoms with Crippen molar-refractivity contribution in [1.29, 1.82) is 0 Å². The molecule has 21 nitrogen and oxygen atoms in total. The highest BCUT2D eigenvalue weighted by molar-refractivity contribution is 7.98. The lowest BCUT2D eigenvalue weighted by molar-refractivity contribution is -0.142. The Bertz CT molecular complexity index is 1830. The Morgan fingerprint density at radius 3 is 1.91 bits per heavy atom. The number of hydrogen-bond acceptors (Lipinski definition) is 13. The zero-order valence-corrected chi connectivity index (χ0v) is 38.2. The van der Waals surface area contributed by atoms with Gasteiger partial charge in [0.25, 0.3) is 0 Å². The number of aromatic nitrogens is 2. The Hall–Kier alpha value is -5.74. The maximum absolute atomic E-state index is 14.2. The molecule has 7 atom stereocenters. The van der Waals surface area contributed by atoms with Gasteiger partial charge in [0.05, 0.1) is 18.9 Å². The number of thioether (sulfide) groups is 1. The van der Waals surface area contributed by atoms with Gasteiger partial charge in [-0.05, 0) is 80.7 Å². The van der Waals surface area contributed by atoms with Crippen molar-refractivity contribution in [3.8, 4) is 5.75 Å². The van der Waals surface area contributed by atoms with Gasteiger partial charge < -0.3 is 63.9 Å². The van der Waals surface area contributed by atoms with Crippen LogP contribution < -0.4 is 48.7 Å². The molecule has 2 aromatic rings. The van der Waals surface area contributed by atoms with Gasteiger partial charge in [-0.1, -0.05) is 46.2 Å². The molecule has 0 aliphatic rings. The van der Waals surface area contributed by atoms with Gasteiger partial charge in [0.15, 0.2) is 0 Å². The number of nitrogens with zero attached hydrogens (tertiary/aromatic N) is 1. The van der Waals surface area contributed by atoms with Crippen molar-refractivity contribution in [3.63, 3.8) is 0 Å². The third-order valence-electron chi connectivity index (χ3n) is 9.93. The number of aromatic amines is 1. The number of imidazole rings is 1. The van der Waals surface area contributed by atoms with E-state index in [1.165, 1.54) is 43.3 Å². The summed E-state index contributed by atoms with van der Waals surface area (Å²) >= 11 is 1.39. The van der Waals surface area contributed by atoms with Gasteiger partial charge in [-0.15, -0.1) is 0 Å². The number of carboxylic acids is 1. The molecular weight excluding hydrogens is 851 g/mol. The zero-order valence-electron chi connectivity index (χ0n) is 37.4. The average molecular weight is 918 g/mol. The number of carboxylic acid groups (broad SMARTS) is 1. The molecule has 0 spiro atoms. The largest absolute Gasteiger partial charge is 0.508 e. The molecule has 1 aromatic carbocycles. The topological polar surface area (TPSA) is 342 Å². The molecule has 0 saturated carbocycles. The van der Waals surface area contributed by atoms with Crippen LogP contribution in [-0.2, 0) is 51.2 Å². The molecule has 0 unspecified atom stereocenters. The van der Waals surface area contributed by atoms with E-state index in [9.17, 15) is 48.6 Å². The molecule has 2 rings (SSSR count). The molecule has 7 amide bonds. The number of carbonyl (C=O) groups is 8. The minimum Gasteiger partial charge on any atom is -0.508 e. The Labute approximate surface area is 377 Å². The van der Waals surface area contributed by atoms with Crippen molar-refractivity contribution in [3.05, 3.63) is 48.0 Å². The van der Waals surface area contributed by atoms with Gasteiger partial charge in [-0.3, -0.25) is 33.6 Å². The fourth-order valence-electron chi connectivity index (χ4n) is 6.28. The maximum Gasteiger partial charge on any atom is 0.326 e. The third kappa shape index (κ3) is 19.8. The molecule has 1 aromatic heterocycles. The fraction of sp³-hybridized carbons (Fsp3) is 0.595. The molecule has 0 radical (unpaired) electrons. The van der Waals surface area contributed by atoms with Gasteiger partial charge in [0.1, 0.15) is 42.0 Å². The lowest BCUT2D eigenvalue weighted by Crippen LogP contribution is -2.60. The minimum atomic E-state index is -1.32. The van der Waals surface area contributed by atoms with Crippen LogP contribution in [0, 0.1) is 11.8 Å². The maximum atomic E-state index is 14.2. The van der Waals surface area contributed by atoms with Crippen molar-refractivity contribution in [2.75, 3.05) is 25.1 Å². The molecule has 356 valence electrons. The summed E-state index contributed by atoms with van der Waals surface area (Å²) in [6.45, 7) is 8.33. The molecule has 14 N–H and O–H groups in total. The number of rotatable bonds is 29. The summed E-state index contributed by atoms with van der Waals surface area (Å²) < 4.78 is 0. The highest BCUT2D eigenvalue weighted by Crippen LogP contribution is 2.14. The first kappa shape index (κ1) is 54.4. The predicted molar refractivity (Wildman–Crippen MR) is 240 cm³/mol. The van der Waals surface area contributed by atoms with Gasteiger partial charge in [-0.25, -0.2) is 9.78 Å². The van der Waals surface area contributed by atoms with Crippen LogP contribution in [0.4, 0.5) is 0 Å². The van der Waals surface area contributed by atoms with E-state index in [0.717, 1.165) is 0 Å². The number of hydrogen-bond donors (Lipinski definition) is 12. The molecule has 0 aliphatic heterocycles. The summed E-state index contributed by atoms with van der Waals surface area (Å²) in [6.07, 6.45) is 6.37. The van der Waals surface area contributed by atoms with E-state index in [2.05, 4.69) is 47.2 Å². The fourth-order valence-corrected chi connectivity index (χ4v) is 6.75. The summed E-state index contributed by atoms with van der Waals surface area (Å²) in [4.78, 5) is 113. The number of unbranched alkanes of at least 4 members (excludes halogenated alkanes) is 1. The second kappa shape index (κ2) is 28.1. The van der Waals surface area contributed by atoms with Crippen LogP contribution in [0.2, 0.25) is 0 Å². The Morgan fingerprint density at radius 1 is 0.734 bits per heavy atom. The summed E-state index contributed by atoms with van der Waals surface area (Å²) in [5.41, 5.74) is 12.4. The van der Waals surface area contributed by atoms with Crippen LogP contribution in [0.25, 0.3) is 0 Å². The first-order chi connectivity index (χ1) is 30.2. The van der Waals surface area contributed by atoms with E-state index >= 15 is 0 Å². The monoisotopic (exact) mass is 917 g/mol. The van der Waals surface area contributed by atoms with Crippen molar-refractivity contribution >= 4 is 59.1 Å². The number of amides is 7. The molecule has 0 aliphatic carbocycles. The second-order valence-corrected chi connectivity index (χ2v) is 17.3. The third-order valence-corrected chi connectivity index (χ3v) is 10.6. The van der Waals surface area contributed by atoms with Gasteiger partial charge >= 0.3 is 5.97 Å². The number of benzene rings is 1. The van der Waals surface area contributed by atoms with Crippen LogP contribution in [0.3, 0.4) is 0 Å². The van der Waals surface area contributed by atoms with E-state index in [-0.39, 0.29) is 37.4 Å². The molecule has 64 heavy (non-hydrogen) atoms. The summed E-state index contributed by atoms with van der Waals surface area (Å²) in [5, 5.41) is 37.6. The van der Waals surface area contributed by atoms with Crippen LogP contribution in [0.1, 0.15) is 78.0 Å². The quantitative estimate of drug-likeness (QED) is 0.0433. The van der Waals surface area contributed by atoms with E-state index in [0.29, 0.717) is 42.8 Å². The number of H-pyrrole nitrogens is 1. The first-order valence-corrected chi connectivity index (χ1v) is 22.7. The minimum absolute atomic E-state index is 0.0342. The first-order valence-electron chi connectivity index (χ1n) is 21.3. The van der Waals surface area contributed by atoms with Crippen LogP contribution in [0.15, 0.2) is 36.8 Å². The Balaban J connectivity index is 2.32.